The van der Waals surface area contributed by atoms with Crippen LogP contribution in [-0.4, -0.2) is 13.1 Å². The summed E-state index contributed by atoms with van der Waals surface area (Å²) in [6, 6.07) is 1.63. The van der Waals surface area contributed by atoms with Gasteiger partial charge in [-0.15, -0.1) is 0 Å². The van der Waals surface area contributed by atoms with E-state index in [0.717, 1.165) is 5.19 Å². The van der Waals surface area contributed by atoms with Gasteiger partial charge in [0.05, 0.1) is 14.3 Å². The Bertz CT molecular complexity index is 296. The number of pyridine rings is 1. The average Bonchev–Trinajstić information content (AvgIpc) is 1.92. The fourth-order valence-corrected chi connectivity index (χ4v) is 2.59. The van der Waals surface area contributed by atoms with Crippen molar-refractivity contribution in [2.75, 3.05) is 0 Å². The Balaban J connectivity index is 3.23. The normalized spacial score (nSPS) is 11.8. The maximum atomic E-state index is 13.2. The van der Waals surface area contributed by atoms with Gasteiger partial charge in [0.25, 0.3) is 0 Å². The van der Waals surface area contributed by atoms with Crippen molar-refractivity contribution in [1.82, 2.24) is 4.98 Å². The highest BCUT2D eigenvalue weighted by Gasteiger charge is 2.21. The molecule has 0 aliphatic rings. The topological polar surface area (TPSA) is 12.9 Å². The van der Waals surface area contributed by atoms with Crippen molar-refractivity contribution < 1.29 is 4.39 Å². The molecule has 1 aromatic heterocycles. The first-order valence-corrected chi connectivity index (χ1v) is 7.60. The van der Waals surface area contributed by atoms with Gasteiger partial charge in [-0.25, -0.2) is 9.37 Å². The molecule has 66 valence electrons. The van der Waals surface area contributed by atoms with Gasteiger partial charge in [-0.05, 0) is 11.3 Å². The summed E-state index contributed by atoms with van der Waals surface area (Å²) in [5.41, 5.74) is 0. The highest BCUT2D eigenvalue weighted by Crippen LogP contribution is 2.09. The fraction of sp³-hybridized carbons (Fsp3) is 0.375. The number of aromatic nitrogens is 1. The monoisotopic (exact) mass is 203 g/mol. The van der Waals surface area contributed by atoms with Crippen molar-refractivity contribution >= 4 is 24.9 Å². The third-order valence-corrected chi connectivity index (χ3v) is 3.84. The maximum absolute atomic E-state index is 13.2. The summed E-state index contributed by atoms with van der Waals surface area (Å²) in [5.74, 6) is -0.237. The van der Waals surface area contributed by atoms with E-state index in [2.05, 4.69) is 24.6 Å². The van der Waals surface area contributed by atoms with E-state index in [1.165, 1.54) is 6.20 Å². The van der Waals surface area contributed by atoms with E-state index in [-0.39, 0.29) is 5.82 Å². The number of rotatable bonds is 1. The van der Waals surface area contributed by atoms with Crippen LogP contribution in [0.4, 0.5) is 4.39 Å². The third kappa shape index (κ3) is 2.05. The summed E-state index contributed by atoms with van der Waals surface area (Å²) < 4.78 is 13.2. The zero-order valence-electron chi connectivity index (χ0n) is 7.36. The van der Waals surface area contributed by atoms with E-state index >= 15 is 0 Å². The second-order valence-electron chi connectivity index (χ2n) is 3.74. The Kier molecular flexibility index (Phi) is 2.54. The Labute approximate surface area is 77.6 Å². The van der Waals surface area contributed by atoms with Crippen molar-refractivity contribution in [3.63, 3.8) is 0 Å². The second kappa shape index (κ2) is 3.15. The molecule has 0 atom stereocenters. The molecule has 1 heterocycles. The van der Waals surface area contributed by atoms with Gasteiger partial charge in [0.2, 0.25) is 0 Å². The number of nitrogens with zero attached hydrogens (tertiary/aromatic N) is 1. The number of halogens is 2. The zero-order valence-corrected chi connectivity index (χ0v) is 9.11. The molecule has 12 heavy (non-hydrogen) atoms. The van der Waals surface area contributed by atoms with E-state index in [9.17, 15) is 4.39 Å². The summed E-state index contributed by atoms with van der Waals surface area (Å²) in [7, 11) is -1.61. The predicted molar refractivity (Wildman–Crippen MR) is 52.2 cm³/mol. The lowest BCUT2D eigenvalue weighted by molar-refractivity contribution is 0.629. The molecule has 0 amide bonds. The van der Waals surface area contributed by atoms with Crippen LogP contribution >= 0.6 is 11.6 Å². The van der Waals surface area contributed by atoms with E-state index in [4.69, 9.17) is 11.6 Å². The van der Waals surface area contributed by atoms with Crippen molar-refractivity contribution in [3.05, 3.63) is 23.2 Å². The fourth-order valence-electron chi connectivity index (χ4n) is 0.988. The molecule has 0 aromatic carbocycles. The molecule has 0 aliphatic carbocycles. The second-order valence-corrected chi connectivity index (χ2v) is 9.16. The summed E-state index contributed by atoms with van der Waals surface area (Å²) >= 11 is 5.67. The Hall–Kier alpha value is -0.413. The molecule has 1 nitrogen and oxygen atoms in total. The van der Waals surface area contributed by atoms with Crippen LogP contribution in [0.5, 0.6) is 0 Å². The van der Waals surface area contributed by atoms with Gasteiger partial charge in [0, 0.05) is 0 Å². The maximum Gasteiger partial charge on any atom is 0.140 e. The van der Waals surface area contributed by atoms with E-state index in [1.54, 1.807) is 6.07 Å². The molecule has 0 saturated carbocycles. The predicted octanol–water partition coefficient (Wildman–Crippen LogP) is 2.42. The van der Waals surface area contributed by atoms with Gasteiger partial charge >= 0.3 is 0 Å². The minimum atomic E-state index is -1.61. The molecule has 0 N–H and O–H groups in total. The van der Waals surface area contributed by atoms with Crippen LogP contribution in [0.1, 0.15) is 0 Å². The molecule has 0 aliphatic heterocycles. The van der Waals surface area contributed by atoms with Gasteiger partial charge in [0.15, 0.2) is 0 Å². The molecule has 1 aromatic rings. The van der Waals surface area contributed by atoms with Crippen molar-refractivity contribution in [3.8, 4) is 0 Å². The van der Waals surface area contributed by atoms with Gasteiger partial charge in [0.1, 0.15) is 11.0 Å². The molecule has 0 unspecified atom stereocenters. The van der Waals surface area contributed by atoms with Gasteiger partial charge in [-0.3, -0.25) is 0 Å². The largest absolute Gasteiger partial charge is 0.242 e. The first kappa shape index (κ1) is 9.67. The zero-order chi connectivity index (χ0) is 9.35. The molecule has 0 spiro atoms. The van der Waals surface area contributed by atoms with Crippen LogP contribution in [0.2, 0.25) is 24.8 Å². The van der Waals surface area contributed by atoms with Crippen LogP contribution in [0.25, 0.3) is 0 Å². The Morgan fingerprint density at radius 1 is 1.42 bits per heavy atom. The molecular weight excluding hydrogens is 193 g/mol. The lowest BCUT2D eigenvalue weighted by Crippen LogP contribution is -2.40. The number of hydrogen-bond donors (Lipinski definition) is 0. The minimum absolute atomic E-state index is 0.237. The first-order valence-electron chi connectivity index (χ1n) is 3.73. The summed E-state index contributed by atoms with van der Waals surface area (Å²) in [4.78, 5) is 3.67. The Morgan fingerprint density at radius 3 is 2.42 bits per heavy atom. The van der Waals surface area contributed by atoms with Crippen LogP contribution < -0.4 is 5.19 Å². The van der Waals surface area contributed by atoms with Crippen LogP contribution in [-0.2, 0) is 0 Å². The molecule has 0 fully saturated rings. The van der Waals surface area contributed by atoms with Gasteiger partial charge in [-0.1, -0.05) is 31.2 Å². The lowest BCUT2D eigenvalue weighted by atomic mass is 10.5. The SMILES string of the molecule is C[Si](C)(C)c1cc(Cl)ncc1F. The highest BCUT2D eigenvalue weighted by molar-refractivity contribution is 6.88. The standard InChI is InChI=1S/C8H11ClFNSi/c1-12(2,3)7-4-8(9)11-5-6(7)10/h4-5H,1-3H3. The molecule has 0 bridgehead atoms. The van der Waals surface area contributed by atoms with Crippen molar-refractivity contribution in [2.24, 2.45) is 0 Å². The average molecular weight is 204 g/mol. The van der Waals surface area contributed by atoms with Gasteiger partial charge < -0.3 is 0 Å². The summed E-state index contributed by atoms with van der Waals surface area (Å²) in [6.07, 6.45) is 1.19. The van der Waals surface area contributed by atoms with Crippen LogP contribution in [0, 0.1) is 5.82 Å². The molecule has 0 radical (unpaired) electrons. The van der Waals surface area contributed by atoms with Crippen molar-refractivity contribution in [2.45, 2.75) is 19.6 Å². The quantitative estimate of drug-likeness (QED) is 0.505. The highest BCUT2D eigenvalue weighted by atomic mass is 35.5. The third-order valence-electron chi connectivity index (χ3n) is 1.63. The van der Waals surface area contributed by atoms with Crippen molar-refractivity contribution in [1.29, 1.82) is 0 Å². The minimum Gasteiger partial charge on any atom is -0.242 e. The number of hydrogen-bond acceptors (Lipinski definition) is 1. The van der Waals surface area contributed by atoms with Gasteiger partial charge in [-0.2, -0.15) is 0 Å². The molecule has 4 heteroatoms. The molecular formula is C8H11ClFNSi. The molecule has 1 rings (SSSR count). The van der Waals surface area contributed by atoms with Crippen LogP contribution in [0.15, 0.2) is 12.3 Å². The Morgan fingerprint density at radius 2 is 2.00 bits per heavy atom. The lowest BCUT2D eigenvalue weighted by Gasteiger charge is -2.16. The summed E-state index contributed by atoms with van der Waals surface area (Å²) in [6.45, 7) is 6.21. The van der Waals surface area contributed by atoms with Crippen LogP contribution in [0.3, 0.4) is 0 Å². The molecule has 0 saturated heterocycles. The smallest absolute Gasteiger partial charge is 0.140 e. The summed E-state index contributed by atoms with van der Waals surface area (Å²) in [5, 5.41) is 1.11. The first-order chi connectivity index (χ1) is 5.41. The van der Waals surface area contributed by atoms with E-state index < -0.39 is 8.07 Å². The van der Waals surface area contributed by atoms with E-state index in [0.29, 0.717) is 5.15 Å². The van der Waals surface area contributed by atoms with E-state index in [1.807, 2.05) is 0 Å².